The molecule has 1 aliphatic rings. The number of rotatable bonds is 4. The number of aryl methyl sites for hydroxylation is 1. The van der Waals surface area contributed by atoms with Crippen LogP contribution in [-0.4, -0.2) is 12.5 Å². The fourth-order valence-corrected chi connectivity index (χ4v) is 2.55. The third-order valence-corrected chi connectivity index (χ3v) is 3.52. The Kier molecular flexibility index (Phi) is 3.52. The van der Waals surface area contributed by atoms with Gasteiger partial charge in [-0.05, 0) is 32.0 Å². The first kappa shape index (κ1) is 13.5. The maximum absolute atomic E-state index is 12.2. The number of fused-ring (bicyclic) bond motifs is 1. The SMILES string of the molecule is CCOc1ccccc1NC1C(=O)Nc2ccc(C)cc21. The summed E-state index contributed by atoms with van der Waals surface area (Å²) in [4.78, 5) is 12.2. The van der Waals surface area contributed by atoms with E-state index in [0.29, 0.717) is 6.61 Å². The van der Waals surface area contributed by atoms with Crippen LogP contribution in [0.3, 0.4) is 0 Å². The molecule has 21 heavy (non-hydrogen) atoms. The number of hydrogen-bond donors (Lipinski definition) is 2. The molecule has 2 aromatic carbocycles. The van der Waals surface area contributed by atoms with Gasteiger partial charge in [0.25, 0.3) is 5.91 Å². The number of amides is 1. The van der Waals surface area contributed by atoms with Gasteiger partial charge in [-0.25, -0.2) is 0 Å². The van der Waals surface area contributed by atoms with E-state index in [1.165, 1.54) is 0 Å². The molecule has 0 radical (unpaired) electrons. The van der Waals surface area contributed by atoms with Crippen LogP contribution in [0.5, 0.6) is 5.75 Å². The highest BCUT2D eigenvalue weighted by Gasteiger charge is 2.30. The summed E-state index contributed by atoms with van der Waals surface area (Å²) in [6.07, 6.45) is 0. The highest BCUT2D eigenvalue weighted by molar-refractivity contribution is 6.04. The number of hydrogen-bond acceptors (Lipinski definition) is 3. The lowest BCUT2D eigenvalue weighted by Crippen LogP contribution is -2.20. The summed E-state index contributed by atoms with van der Waals surface area (Å²) in [5.41, 5.74) is 3.81. The third-order valence-electron chi connectivity index (χ3n) is 3.52. The van der Waals surface area contributed by atoms with Crippen molar-refractivity contribution < 1.29 is 9.53 Å². The summed E-state index contributed by atoms with van der Waals surface area (Å²) in [6, 6.07) is 13.3. The average Bonchev–Trinajstić information content (AvgIpc) is 2.77. The maximum atomic E-state index is 12.2. The van der Waals surface area contributed by atoms with Crippen LogP contribution in [0.2, 0.25) is 0 Å². The normalized spacial score (nSPS) is 16.3. The molecule has 4 heteroatoms. The number of carbonyl (C=O) groups excluding carboxylic acids is 1. The van der Waals surface area contributed by atoms with Crippen molar-refractivity contribution in [3.05, 3.63) is 53.6 Å². The Balaban J connectivity index is 1.93. The van der Waals surface area contributed by atoms with Crippen molar-refractivity contribution in [3.63, 3.8) is 0 Å². The lowest BCUT2D eigenvalue weighted by molar-refractivity contribution is -0.116. The minimum Gasteiger partial charge on any atom is -0.492 e. The Morgan fingerprint density at radius 1 is 1.24 bits per heavy atom. The quantitative estimate of drug-likeness (QED) is 0.902. The van der Waals surface area contributed by atoms with Crippen molar-refractivity contribution in [3.8, 4) is 5.75 Å². The van der Waals surface area contributed by atoms with Gasteiger partial charge in [0.1, 0.15) is 11.8 Å². The van der Waals surface area contributed by atoms with Gasteiger partial charge in [0.2, 0.25) is 0 Å². The molecule has 0 aromatic heterocycles. The van der Waals surface area contributed by atoms with Gasteiger partial charge >= 0.3 is 0 Å². The van der Waals surface area contributed by atoms with Crippen molar-refractivity contribution in [1.29, 1.82) is 0 Å². The zero-order valence-corrected chi connectivity index (χ0v) is 12.1. The van der Waals surface area contributed by atoms with Gasteiger partial charge in [-0.3, -0.25) is 4.79 Å². The van der Waals surface area contributed by atoms with Crippen LogP contribution in [0.1, 0.15) is 24.1 Å². The Morgan fingerprint density at radius 3 is 2.86 bits per heavy atom. The number of ether oxygens (including phenoxy) is 1. The van der Waals surface area contributed by atoms with Gasteiger partial charge in [0.15, 0.2) is 0 Å². The highest BCUT2D eigenvalue weighted by atomic mass is 16.5. The molecule has 0 saturated heterocycles. The Bertz CT molecular complexity index is 682. The molecule has 0 bridgehead atoms. The van der Waals surface area contributed by atoms with Crippen LogP contribution in [0.15, 0.2) is 42.5 Å². The van der Waals surface area contributed by atoms with Crippen LogP contribution < -0.4 is 15.4 Å². The van der Waals surface area contributed by atoms with E-state index in [1.807, 2.05) is 56.3 Å². The van der Waals surface area contributed by atoms with E-state index < -0.39 is 0 Å². The number of nitrogens with one attached hydrogen (secondary N) is 2. The zero-order valence-electron chi connectivity index (χ0n) is 12.1. The van der Waals surface area contributed by atoms with Crippen molar-refractivity contribution in [1.82, 2.24) is 0 Å². The second-order valence-electron chi connectivity index (χ2n) is 5.09. The monoisotopic (exact) mass is 282 g/mol. The lowest BCUT2D eigenvalue weighted by atomic mass is 10.0. The molecule has 2 N–H and O–H groups in total. The lowest BCUT2D eigenvalue weighted by Gasteiger charge is -2.16. The molecule has 1 atom stereocenters. The van der Waals surface area contributed by atoms with Crippen molar-refractivity contribution >= 4 is 17.3 Å². The first-order valence-corrected chi connectivity index (χ1v) is 7.09. The van der Waals surface area contributed by atoms with E-state index in [1.54, 1.807) is 0 Å². The molecule has 108 valence electrons. The molecule has 0 spiro atoms. The molecule has 0 aliphatic carbocycles. The van der Waals surface area contributed by atoms with Crippen LogP contribution in [0.4, 0.5) is 11.4 Å². The first-order chi connectivity index (χ1) is 10.2. The molecule has 0 fully saturated rings. The van der Waals surface area contributed by atoms with Crippen molar-refractivity contribution in [2.24, 2.45) is 0 Å². The molecular weight excluding hydrogens is 264 g/mol. The number of para-hydroxylation sites is 2. The summed E-state index contributed by atoms with van der Waals surface area (Å²) >= 11 is 0. The predicted molar refractivity (Wildman–Crippen MR) is 83.8 cm³/mol. The van der Waals surface area contributed by atoms with Crippen LogP contribution in [-0.2, 0) is 4.79 Å². The number of carbonyl (C=O) groups is 1. The molecule has 2 aromatic rings. The molecule has 3 rings (SSSR count). The van der Waals surface area contributed by atoms with Crippen LogP contribution >= 0.6 is 0 Å². The van der Waals surface area contributed by atoms with Crippen molar-refractivity contribution in [2.75, 3.05) is 17.2 Å². The first-order valence-electron chi connectivity index (χ1n) is 7.09. The van der Waals surface area contributed by atoms with E-state index in [-0.39, 0.29) is 11.9 Å². The minimum absolute atomic E-state index is 0.0399. The Morgan fingerprint density at radius 2 is 2.05 bits per heavy atom. The molecule has 1 unspecified atom stereocenters. The fourth-order valence-electron chi connectivity index (χ4n) is 2.55. The second-order valence-corrected chi connectivity index (χ2v) is 5.09. The smallest absolute Gasteiger partial charge is 0.251 e. The highest BCUT2D eigenvalue weighted by Crippen LogP contribution is 2.36. The third kappa shape index (κ3) is 2.57. The largest absolute Gasteiger partial charge is 0.492 e. The molecule has 4 nitrogen and oxygen atoms in total. The van der Waals surface area contributed by atoms with Gasteiger partial charge in [-0.1, -0.05) is 29.8 Å². The van der Waals surface area contributed by atoms with Gasteiger partial charge in [-0.15, -0.1) is 0 Å². The average molecular weight is 282 g/mol. The van der Waals surface area contributed by atoms with E-state index in [4.69, 9.17) is 4.74 Å². The zero-order chi connectivity index (χ0) is 14.8. The summed E-state index contributed by atoms with van der Waals surface area (Å²) in [7, 11) is 0. The maximum Gasteiger partial charge on any atom is 0.251 e. The summed E-state index contributed by atoms with van der Waals surface area (Å²) in [5, 5.41) is 6.19. The van der Waals surface area contributed by atoms with Crippen LogP contribution in [0, 0.1) is 6.92 Å². The van der Waals surface area contributed by atoms with Gasteiger partial charge in [-0.2, -0.15) is 0 Å². The van der Waals surface area contributed by atoms with E-state index in [9.17, 15) is 4.79 Å². The topological polar surface area (TPSA) is 50.4 Å². The Hall–Kier alpha value is -2.49. The minimum atomic E-state index is -0.387. The molecule has 0 saturated carbocycles. The molecular formula is C17H18N2O2. The fraction of sp³-hybridized carbons (Fsp3) is 0.235. The van der Waals surface area contributed by atoms with E-state index >= 15 is 0 Å². The molecule has 1 amide bonds. The predicted octanol–water partition coefficient (Wildman–Crippen LogP) is 3.50. The second kappa shape index (κ2) is 5.48. The molecule has 1 aliphatic heterocycles. The summed E-state index contributed by atoms with van der Waals surface area (Å²) in [6.45, 7) is 4.55. The molecule has 1 heterocycles. The van der Waals surface area contributed by atoms with Gasteiger partial charge in [0, 0.05) is 11.3 Å². The van der Waals surface area contributed by atoms with Crippen LogP contribution in [0.25, 0.3) is 0 Å². The number of benzene rings is 2. The van der Waals surface area contributed by atoms with Crippen molar-refractivity contribution in [2.45, 2.75) is 19.9 Å². The van der Waals surface area contributed by atoms with Gasteiger partial charge < -0.3 is 15.4 Å². The standard InChI is InChI=1S/C17H18N2O2/c1-3-21-15-7-5-4-6-14(15)18-16-12-10-11(2)8-9-13(12)19-17(16)20/h4-10,16,18H,3H2,1-2H3,(H,19,20). The van der Waals surface area contributed by atoms with Gasteiger partial charge in [0.05, 0.1) is 12.3 Å². The van der Waals surface area contributed by atoms with E-state index in [0.717, 1.165) is 28.3 Å². The summed E-state index contributed by atoms with van der Waals surface area (Å²) < 4.78 is 5.60. The summed E-state index contributed by atoms with van der Waals surface area (Å²) in [5.74, 6) is 0.718. The van der Waals surface area contributed by atoms with E-state index in [2.05, 4.69) is 10.6 Å². The Labute approximate surface area is 124 Å². The number of anilines is 2.